The standard InChI is InChI=1S/C20H17ClN2O3/c1-13-19(21)14(2)23(22-13)17-10-8-16(9-11-17)20(25)26-12-18(24)15-6-4-3-5-7-15/h3-11H,12H2,1-2H3. The number of rotatable bonds is 5. The number of carbonyl (C=O) groups is 2. The molecule has 0 N–H and O–H groups in total. The van der Waals surface area contributed by atoms with Crippen LogP contribution in [0.1, 0.15) is 32.1 Å². The Bertz CT molecular complexity index is 947. The van der Waals surface area contributed by atoms with Gasteiger partial charge in [-0.25, -0.2) is 9.48 Å². The van der Waals surface area contributed by atoms with Crippen LogP contribution >= 0.6 is 11.6 Å². The van der Waals surface area contributed by atoms with E-state index in [-0.39, 0.29) is 12.4 Å². The minimum absolute atomic E-state index is 0.243. The van der Waals surface area contributed by atoms with Crippen LogP contribution in [-0.4, -0.2) is 28.1 Å². The molecule has 132 valence electrons. The molecular formula is C20H17ClN2O3. The van der Waals surface area contributed by atoms with E-state index in [9.17, 15) is 9.59 Å². The lowest BCUT2D eigenvalue weighted by Gasteiger charge is -2.07. The summed E-state index contributed by atoms with van der Waals surface area (Å²) in [7, 11) is 0. The Morgan fingerprint density at radius 3 is 2.23 bits per heavy atom. The highest BCUT2D eigenvalue weighted by molar-refractivity contribution is 6.31. The van der Waals surface area contributed by atoms with Crippen molar-refractivity contribution in [3.63, 3.8) is 0 Å². The number of aryl methyl sites for hydroxylation is 1. The van der Waals surface area contributed by atoms with E-state index in [0.717, 1.165) is 17.1 Å². The molecule has 5 nitrogen and oxygen atoms in total. The molecule has 0 amide bonds. The Balaban J connectivity index is 1.67. The predicted molar refractivity (Wildman–Crippen MR) is 99.1 cm³/mol. The SMILES string of the molecule is Cc1nn(-c2ccc(C(=O)OCC(=O)c3ccccc3)cc2)c(C)c1Cl. The van der Waals surface area contributed by atoms with E-state index in [2.05, 4.69) is 5.10 Å². The number of halogens is 1. The molecule has 0 aliphatic rings. The van der Waals surface area contributed by atoms with E-state index < -0.39 is 5.97 Å². The van der Waals surface area contributed by atoms with E-state index in [0.29, 0.717) is 16.1 Å². The maximum Gasteiger partial charge on any atom is 0.338 e. The number of aromatic nitrogens is 2. The second-order valence-electron chi connectivity index (χ2n) is 5.81. The number of benzene rings is 2. The maximum atomic E-state index is 12.1. The van der Waals surface area contributed by atoms with Gasteiger partial charge in [-0.1, -0.05) is 41.9 Å². The van der Waals surface area contributed by atoms with Gasteiger partial charge in [-0.15, -0.1) is 0 Å². The fourth-order valence-electron chi connectivity index (χ4n) is 2.54. The summed E-state index contributed by atoms with van der Waals surface area (Å²) >= 11 is 6.16. The number of ketones is 1. The molecule has 0 fully saturated rings. The van der Waals surface area contributed by atoms with Crippen LogP contribution in [0.4, 0.5) is 0 Å². The average molecular weight is 369 g/mol. The molecular weight excluding hydrogens is 352 g/mol. The highest BCUT2D eigenvalue weighted by Gasteiger charge is 2.14. The van der Waals surface area contributed by atoms with Gasteiger partial charge in [0.25, 0.3) is 0 Å². The molecule has 0 aliphatic heterocycles. The van der Waals surface area contributed by atoms with Gasteiger partial charge >= 0.3 is 5.97 Å². The third kappa shape index (κ3) is 3.68. The molecule has 2 aromatic carbocycles. The van der Waals surface area contributed by atoms with Crippen molar-refractivity contribution < 1.29 is 14.3 Å². The molecule has 0 spiro atoms. The van der Waals surface area contributed by atoms with Gasteiger partial charge in [0.1, 0.15) is 0 Å². The Kier molecular flexibility index (Phi) is 5.19. The molecule has 6 heteroatoms. The number of esters is 1. The first-order valence-corrected chi connectivity index (χ1v) is 8.42. The minimum atomic E-state index is -0.549. The molecule has 0 saturated carbocycles. The first-order valence-electron chi connectivity index (χ1n) is 8.05. The van der Waals surface area contributed by atoms with Gasteiger partial charge in [-0.3, -0.25) is 4.79 Å². The van der Waals surface area contributed by atoms with Crippen molar-refractivity contribution in [3.8, 4) is 5.69 Å². The fourth-order valence-corrected chi connectivity index (χ4v) is 2.65. The van der Waals surface area contributed by atoms with Crippen LogP contribution in [0.15, 0.2) is 54.6 Å². The first-order chi connectivity index (χ1) is 12.5. The largest absolute Gasteiger partial charge is 0.454 e. The Hall–Kier alpha value is -2.92. The monoisotopic (exact) mass is 368 g/mol. The number of carbonyl (C=O) groups excluding carboxylic acids is 2. The number of hydrogen-bond donors (Lipinski definition) is 0. The van der Waals surface area contributed by atoms with Crippen molar-refractivity contribution in [1.82, 2.24) is 9.78 Å². The third-order valence-electron chi connectivity index (χ3n) is 3.98. The first kappa shape index (κ1) is 17.9. The zero-order valence-corrected chi connectivity index (χ0v) is 15.2. The lowest BCUT2D eigenvalue weighted by molar-refractivity contribution is 0.0475. The van der Waals surface area contributed by atoms with E-state index in [1.165, 1.54) is 0 Å². The minimum Gasteiger partial charge on any atom is -0.454 e. The molecule has 1 heterocycles. The summed E-state index contributed by atoms with van der Waals surface area (Å²) in [6, 6.07) is 15.5. The van der Waals surface area contributed by atoms with Crippen LogP contribution in [-0.2, 0) is 4.74 Å². The van der Waals surface area contributed by atoms with Crippen molar-refractivity contribution >= 4 is 23.4 Å². The summed E-state index contributed by atoms with van der Waals surface area (Å²) in [6.07, 6.45) is 0. The Morgan fingerprint density at radius 2 is 1.65 bits per heavy atom. The summed E-state index contributed by atoms with van der Waals surface area (Å²) in [4.78, 5) is 24.1. The highest BCUT2D eigenvalue weighted by atomic mass is 35.5. The van der Waals surface area contributed by atoms with Crippen LogP contribution in [0, 0.1) is 13.8 Å². The number of hydrogen-bond acceptors (Lipinski definition) is 4. The van der Waals surface area contributed by atoms with Crippen LogP contribution < -0.4 is 0 Å². The number of Topliss-reactive ketones (excluding diaryl/α,β-unsaturated/α-hetero) is 1. The smallest absolute Gasteiger partial charge is 0.338 e. The summed E-state index contributed by atoms with van der Waals surface area (Å²) in [5.41, 5.74) is 3.23. The summed E-state index contributed by atoms with van der Waals surface area (Å²) < 4.78 is 6.82. The quantitative estimate of drug-likeness (QED) is 0.500. The van der Waals surface area contributed by atoms with Gasteiger partial charge in [0.05, 0.1) is 27.7 Å². The molecule has 0 unspecified atom stereocenters. The summed E-state index contributed by atoms with van der Waals surface area (Å²) in [5, 5.41) is 4.99. The van der Waals surface area contributed by atoms with Crippen LogP contribution in [0.5, 0.6) is 0 Å². The molecule has 0 atom stereocenters. The van der Waals surface area contributed by atoms with Crippen molar-refractivity contribution in [2.75, 3.05) is 6.61 Å². The molecule has 26 heavy (non-hydrogen) atoms. The Morgan fingerprint density at radius 1 is 1.00 bits per heavy atom. The fraction of sp³-hybridized carbons (Fsp3) is 0.150. The normalized spacial score (nSPS) is 10.6. The van der Waals surface area contributed by atoms with Gasteiger partial charge in [0.2, 0.25) is 0 Å². The van der Waals surface area contributed by atoms with Crippen LogP contribution in [0.2, 0.25) is 5.02 Å². The van der Waals surface area contributed by atoms with Gasteiger partial charge in [-0.05, 0) is 38.1 Å². The van der Waals surface area contributed by atoms with E-state index in [1.807, 2.05) is 19.9 Å². The number of nitrogens with zero attached hydrogens (tertiary/aromatic N) is 2. The average Bonchev–Trinajstić information content (AvgIpc) is 2.94. The molecule has 0 bridgehead atoms. The second kappa shape index (κ2) is 7.54. The van der Waals surface area contributed by atoms with Crippen molar-refractivity contribution in [1.29, 1.82) is 0 Å². The van der Waals surface area contributed by atoms with E-state index >= 15 is 0 Å². The van der Waals surface area contributed by atoms with Gasteiger partial charge in [0, 0.05) is 5.56 Å². The van der Waals surface area contributed by atoms with Gasteiger partial charge in [0.15, 0.2) is 12.4 Å². The second-order valence-corrected chi connectivity index (χ2v) is 6.19. The summed E-state index contributed by atoms with van der Waals surface area (Å²) in [6.45, 7) is 3.42. The maximum absolute atomic E-state index is 12.1. The topological polar surface area (TPSA) is 61.2 Å². The van der Waals surface area contributed by atoms with E-state index in [1.54, 1.807) is 53.2 Å². The van der Waals surface area contributed by atoms with Crippen molar-refractivity contribution in [2.45, 2.75) is 13.8 Å². The Labute approximate surface area is 156 Å². The molecule has 1 aromatic heterocycles. The molecule has 0 saturated heterocycles. The van der Waals surface area contributed by atoms with Crippen molar-refractivity contribution in [3.05, 3.63) is 82.1 Å². The number of ether oxygens (including phenoxy) is 1. The van der Waals surface area contributed by atoms with Gasteiger partial charge in [-0.2, -0.15) is 5.10 Å². The highest BCUT2D eigenvalue weighted by Crippen LogP contribution is 2.22. The molecule has 0 aliphatic carbocycles. The predicted octanol–water partition coefficient (Wildman–Crippen LogP) is 4.18. The molecule has 3 aromatic rings. The molecule has 0 radical (unpaired) electrons. The van der Waals surface area contributed by atoms with Gasteiger partial charge < -0.3 is 4.74 Å². The lowest BCUT2D eigenvalue weighted by Crippen LogP contribution is -2.14. The lowest BCUT2D eigenvalue weighted by atomic mass is 10.1. The summed E-state index contributed by atoms with van der Waals surface area (Å²) in [5.74, 6) is -0.792. The molecule has 3 rings (SSSR count). The zero-order valence-electron chi connectivity index (χ0n) is 14.4. The van der Waals surface area contributed by atoms with Crippen LogP contribution in [0.3, 0.4) is 0 Å². The zero-order chi connectivity index (χ0) is 18.7. The van der Waals surface area contributed by atoms with Crippen molar-refractivity contribution in [2.24, 2.45) is 0 Å². The van der Waals surface area contributed by atoms with E-state index in [4.69, 9.17) is 16.3 Å². The van der Waals surface area contributed by atoms with Crippen LogP contribution in [0.25, 0.3) is 5.69 Å². The third-order valence-corrected chi connectivity index (χ3v) is 4.53.